The number of aryl methyl sites for hydroxylation is 2. The van der Waals surface area contributed by atoms with E-state index in [1.165, 1.54) is 38.5 Å². The van der Waals surface area contributed by atoms with Crippen molar-refractivity contribution in [1.29, 1.82) is 0 Å². The van der Waals surface area contributed by atoms with Crippen LogP contribution in [0.3, 0.4) is 0 Å². The van der Waals surface area contributed by atoms with Gasteiger partial charge in [0.25, 0.3) is 0 Å². The molecule has 2 saturated carbocycles. The molecule has 4 rings (SSSR count). The van der Waals surface area contributed by atoms with Gasteiger partial charge in [-0.15, -0.1) is 0 Å². The summed E-state index contributed by atoms with van der Waals surface area (Å²) < 4.78 is 0. The molecule has 2 aliphatic carbocycles. The molecule has 0 bridgehead atoms. The van der Waals surface area contributed by atoms with E-state index in [0.29, 0.717) is 11.8 Å². The first-order chi connectivity index (χ1) is 16.5. The van der Waals surface area contributed by atoms with Crippen LogP contribution in [0.5, 0.6) is 0 Å². The zero-order valence-corrected chi connectivity index (χ0v) is 22.6. The molecule has 0 saturated heterocycles. The Hall–Kier alpha value is -1.78. The Bertz CT molecular complexity index is 702. The average Bonchev–Trinajstić information content (AvgIpc) is 2.91. The lowest BCUT2D eigenvalue weighted by Crippen LogP contribution is -2.16. The Balaban J connectivity index is 0.000000297. The Morgan fingerprint density at radius 3 is 1.21 bits per heavy atom. The van der Waals surface area contributed by atoms with Crippen LogP contribution in [0.4, 0.5) is 0 Å². The van der Waals surface area contributed by atoms with Gasteiger partial charge in [0.05, 0.1) is 12.2 Å². The lowest BCUT2D eigenvalue weighted by molar-refractivity contribution is 0.0843. The summed E-state index contributed by atoms with van der Waals surface area (Å²) in [5.41, 5.74) is 4.23. The van der Waals surface area contributed by atoms with Gasteiger partial charge in [-0.1, -0.05) is 78.4 Å². The second-order valence-electron chi connectivity index (χ2n) is 9.28. The fourth-order valence-corrected chi connectivity index (χ4v) is 4.92. The van der Waals surface area contributed by atoms with Gasteiger partial charge in [0.15, 0.2) is 0 Å². The summed E-state index contributed by atoms with van der Waals surface area (Å²) in [4.78, 5) is 8.28. The van der Waals surface area contributed by atoms with E-state index in [-0.39, 0.29) is 12.2 Å². The second kappa shape index (κ2) is 17.6. The first kappa shape index (κ1) is 30.3. The molecule has 0 spiro atoms. The molecule has 0 aromatic carbocycles. The zero-order valence-electron chi connectivity index (χ0n) is 22.6. The second-order valence-corrected chi connectivity index (χ2v) is 9.28. The maximum Gasteiger partial charge on any atom is 0.0833 e. The number of hydrogen-bond donors (Lipinski definition) is 2. The molecule has 2 atom stereocenters. The van der Waals surface area contributed by atoms with Crippen LogP contribution in [0.15, 0.2) is 36.9 Å². The Morgan fingerprint density at radius 2 is 0.912 bits per heavy atom. The number of aliphatic hydroxyl groups is 2. The summed E-state index contributed by atoms with van der Waals surface area (Å²) in [5, 5.41) is 20.5. The highest BCUT2D eigenvalue weighted by Crippen LogP contribution is 2.35. The number of aromatic nitrogens is 2. The van der Waals surface area contributed by atoms with Gasteiger partial charge < -0.3 is 10.2 Å². The van der Waals surface area contributed by atoms with Crippen molar-refractivity contribution in [2.24, 2.45) is 11.8 Å². The van der Waals surface area contributed by atoms with Gasteiger partial charge in [-0.25, -0.2) is 0 Å². The smallest absolute Gasteiger partial charge is 0.0833 e. The molecule has 2 N–H and O–H groups in total. The highest BCUT2D eigenvalue weighted by Gasteiger charge is 2.24. The SMILES string of the molecule is CC.CC.Cc1cncc([C@H](O)C2CCCCC2)c1.Cc1cncc([C@H](O)C2CCCCC2)c1. The number of aliphatic hydroxyl groups excluding tert-OH is 2. The minimum Gasteiger partial charge on any atom is -0.388 e. The lowest BCUT2D eigenvalue weighted by atomic mass is 9.83. The van der Waals surface area contributed by atoms with Crippen LogP contribution >= 0.6 is 0 Å². The van der Waals surface area contributed by atoms with Crippen molar-refractivity contribution in [3.8, 4) is 0 Å². The van der Waals surface area contributed by atoms with E-state index in [2.05, 4.69) is 9.97 Å². The van der Waals surface area contributed by atoms with Gasteiger partial charge in [-0.3, -0.25) is 9.97 Å². The van der Waals surface area contributed by atoms with Crippen LogP contribution in [0.1, 0.15) is 126 Å². The molecule has 0 aliphatic heterocycles. The third-order valence-electron chi connectivity index (χ3n) is 6.67. The third kappa shape index (κ3) is 10.2. The molecule has 192 valence electrons. The first-order valence-corrected chi connectivity index (χ1v) is 13.7. The predicted octanol–water partition coefficient (Wildman–Crippen LogP) is 8.06. The van der Waals surface area contributed by atoms with Gasteiger partial charge in [-0.05, 0) is 73.6 Å². The molecule has 2 aliphatic rings. The van der Waals surface area contributed by atoms with Crippen molar-refractivity contribution in [3.05, 3.63) is 59.2 Å². The monoisotopic (exact) mass is 470 g/mol. The van der Waals surface area contributed by atoms with Crippen molar-refractivity contribution >= 4 is 0 Å². The molecule has 2 aromatic heterocycles. The number of rotatable bonds is 4. The van der Waals surface area contributed by atoms with Crippen LogP contribution in [0, 0.1) is 25.7 Å². The summed E-state index contributed by atoms with van der Waals surface area (Å²) in [7, 11) is 0. The Morgan fingerprint density at radius 1 is 0.588 bits per heavy atom. The molecule has 2 heterocycles. The zero-order chi connectivity index (χ0) is 25.3. The van der Waals surface area contributed by atoms with Crippen molar-refractivity contribution in [1.82, 2.24) is 9.97 Å². The number of hydrogen-bond acceptors (Lipinski definition) is 4. The highest BCUT2D eigenvalue weighted by molar-refractivity contribution is 5.20. The average molecular weight is 471 g/mol. The summed E-state index contributed by atoms with van der Waals surface area (Å²) in [6.45, 7) is 12.0. The van der Waals surface area contributed by atoms with E-state index in [1.54, 1.807) is 12.4 Å². The fourth-order valence-electron chi connectivity index (χ4n) is 4.92. The van der Waals surface area contributed by atoms with Gasteiger partial charge >= 0.3 is 0 Å². The minimum atomic E-state index is -0.308. The van der Waals surface area contributed by atoms with Crippen molar-refractivity contribution in [2.75, 3.05) is 0 Å². The fraction of sp³-hybridized carbons (Fsp3) is 0.667. The van der Waals surface area contributed by atoms with E-state index < -0.39 is 0 Å². The van der Waals surface area contributed by atoms with Gasteiger partial charge in [0.1, 0.15) is 0 Å². The molecule has 4 heteroatoms. The van der Waals surface area contributed by atoms with Crippen LogP contribution in [-0.2, 0) is 0 Å². The van der Waals surface area contributed by atoms with E-state index in [1.807, 2.05) is 66.1 Å². The topological polar surface area (TPSA) is 66.2 Å². The summed E-state index contributed by atoms with van der Waals surface area (Å²) in [5.74, 6) is 0.893. The van der Waals surface area contributed by atoms with Gasteiger partial charge in [0, 0.05) is 24.8 Å². The molecule has 2 fully saturated rings. The molecular formula is C30H50N2O2. The molecule has 4 nitrogen and oxygen atoms in total. The summed E-state index contributed by atoms with van der Waals surface area (Å²) in [6, 6.07) is 4.10. The van der Waals surface area contributed by atoms with Crippen LogP contribution in [0.25, 0.3) is 0 Å². The van der Waals surface area contributed by atoms with E-state index in [4.69, 9.17) is 0 Å². The summed E-state index contributed by atoms with van der Waals surface area (Å²) in [6.07, 6.45) is 19.0. The molecule has 2 aromatic rings. The number of pyridine rings is 2. The van der Waals surface area contributed by atoms with Gasteiger partial charge in [-0.2, -0.15) is 0 Å². The van der Waals surface area contributed by atoms with Crippen LogP contribution in [-0.4, -0.2) is 20.2 Å². The van der Waals surface area contributed by atoms with E-state index >= 15 is 0 Å². The Kier molecular flexibility index (Phi) is 15.7. The quantitative estimate of drug-likeness (QED) is 0.474. The van der Waals surface area contributed by atoms with Crippen LogP contribution < -0.4 is 0 Å². The Labute approximate surface area is 209 Å². The van der Waals surface area contributed by atoms with Crippen molar-refractivity contribution in [3.63, 3.8) is 0 Å². The highest BCUT2D eigenvalue weighted by atomic mass is 16.3. The van der Waals surface area contributed by atoms with Crippen molar-refractivity contribution in [2.45, 2.75) is 118 Å². The van der Waals surface area contributed by atoms with E-state index in [0.717, 1.165) is 47.9 Å². The standard InChI is InChI=1S/2C13H19NO.2C2H6/c2*1-10-7-12(9-14-8-10)13(15)11-5-3-2-4-6-11;2*1-2/h2*7-9,11,13,15H,2-6H2,1H3;2*1-2H3/t2*13-;;/m11../s1. The maximum atomic E-state index is 10.2. The number of nitrogens with zero attached hydrogens (tertiary/aromatic N) is 2. The molecule has 34 heavy (non-hydrogen) atoms. The first-order valence-electron chi connectivity index (χ1n) is 13.7. The summed E-state index contributed by atoms with van der Waals surface area (Å²) >= 11 is 0. The molecule has 0 radical (unpaired) electrons. The minimum absolute atomic E-state index is 0.308. The largest absolute Gasteiger partial charge is 0.388 e. The third-order valence-corrected chi connectivity index (χ3v) is 6.67. The van der Waals surface area contributed by atoms with E-state index in [9.17, 15) is 10.2 Å². The lowest BCUT2D eigenvalue weighted by Gasteiger charge is -2.26. The maximum absolute atomic E-state index is 10.2. The normalized spacial score (nSPS) is 18.1. The predicted molar refractivity (Wildman–Crippen MR) is 144 cm³/mol. The molecular weight excluding hydrogens is 420 g/mol. The molecule has 0 unspecified atom stereocenters. The van der Waals surface area contributed by atoms with Crippen molar-refractivity contribution < 1.29 is 10.2 Å². The van der Waals surface area contributed by atoms with Gasteiger partial charge in [0.2, 0.25) is 0 Å². The molecule has 0 amide bonds. The van der Waals surface area contributed by atoms with Crippen LogP contribution in [0.2, 0.25) is 0 Å².